The minimum absolute atomic E-state index is 0.0278. The number of rotatable bonds is 4. The molecular formula is C32H38ClF3N6O2. The van der Waals surface area contributed by atoms with Gasteiger partial charge in [0.05, 0.1) is 19.0 Å². The molecule has 0 radical (unpaired) electrons. The molecule has 236 valence electrons. The number of benzene rings is 2. The first kappa shape index (κ1) is 32.0. The summed E-state index contributed by atoms with van der Waals surface area (Å²) in [6.45, 7) is 5.32. The molecule has 0 aliphatic carbocycles. The summed E-state index contributed by atoms with van der Waals surface area (Å²) in [6.07, 6.45) is 4.10. The van der Waals surface area contributed by atoms with Crippen molar-refractivity contribution >= 4 is 39.1 Å². The zero-order valence-electron chi connectivity index (χ0n) is 25.2. The van der Waals surface area contributed by atoms with Crippen LogP contribution >= 0.6 is 11.6 Å². The van der Waals surface area contributed by atoms with Crippen molar-refractivity contribution in [1.82, 2.24) is 25.2 Å². The Morgan fingerprint density at radius 3 is 2.52 bits per heavy atom. The van der Waals surface area contributed by atoms with Crippen LogP contribution in [0.2, 0.25) is 0 Å². The van der Waals surface area contributed by atoms with Crippen LogP contribution in [0.4, 0.5) is 19.0 Å². The maximum absolute atomic E-state index is 16.0. The van der Waals surface area contributed by atoms with E-state index in [4.69, 9.17) is 16.3 Å². The molecule has 0 saturated carbocycles. The lowest BCUT2D eigenvalue weighted by atomic mass is 10.00. The number of alkyl halides is 3. The predicted molar refractivity (Wildman–Crippen MR) is 168 cm³/mol. The average Bonchev–Trinajstić information content (AvgIpc) is 3.61. The van der Waals surface area contributed by atoms with Crippen LogP contribution in [-0.4, -0.2) is 82.8 Å². The van der Waals surface area contributed by atoms with E-state index in [2.05, 4.69) is 37.1 Å². The minimum atomic E-state index is -2.12. The van der Waals surface area contributed by atoms with Crippen molar-refractivity contribution in [2.24, 2.45) is 0 Å². The normalized spacial score (nSPS) is 21.3. The van der Waals surface area contributed by atoms with E-state index in [1.165, 1.54) is 46.0 Å². The van der Waals surface area contributed by atoms with Gasteiger partial charge in [0, 0.05) is 30.8 Å². The summed E-state index contributed by atoms with van der Waals surface area (Å²) in [4.78, 5) is 17.2. The van der Waals surface area contributed by atoms with Gasteiger partial charge in [-0.25, -0.2) is 13.2 Å². The lowest BCUT2D eigenvalue weighted by molar-refractivity contribution is 0.144. The van der Waals surface area contributed by atoms with E-state index in [1.54, 1.807) is 12.3 Å². The third kappa shape index (κ3) is 7.11. The van der Waals surface area contributed by atoms with E-state index in [-0.39, 0.29) is 35.4 Å². The number of aromatic hydroxyl groups is 1. The fourth-order valence-electron chi connectivity index (χ4n) is 5.88. The molecule has 0 spiro atoms. The quantitative estimate of drug-likeness (QED) is 0.193. The number of piperazine rings is 1. The number of aromatic nitrogens is 3. The summed E-state index contributed by atoms with van der Waals surface area (Å²) >= 11 is 6.74. The van der Waals surface area contributed by atoms with Gasteiger partial charge in [-0.2, -0.15) is 9.97 Å². The number of likely N-dealkylation sites (tertiary alicyclic amines) is 1. The molecule has 5 heterocycles. The van der Waals surface area contributed by atoms with Gasteiger partial charge in [-0.15, -0.1) is 11.6 Å². The van der Waals surface area contributed by atoms with Crippen molar-refractivity contribution in [2.45, 2.75) is 56.5 Å². The Labute approximate surface area is 260 Å². The van der Waals surface area contributed by atoms with Gasteiger partial charge in [-0.05, 0) is 68.7 Å². The Morgan fingerprint density at radius 2 is 1.89 bits per heavy atom. The number of methoxy groups -OCH3 is 1. The second-order valence-corrected chi connectivity index (χ2v) is 12.2. The van der Waals surface area contributed by atoms with Gasteiger partial charge in [-0.1, -0.05) is 31.2 Å². The molecule has 2 aromatic heterocycles. The first-order chi connectivity index (χ1) is 21.1. The number of hydrogen-bond acceptors (Lipinski definition) is 8. The molecule has 12 heteroatoms. The fourth-order valence-corrected chi connectivity index (χ4v) is 6.28. The maximum Gasteiger partial charge on any atom is 0.318 e. The number of halogens is 4. The topological polar surface area (TPSA) is 86.6 Å². The SMILES string of the molecule is CCC(F)F.CN1CCCC1.COc1nc(N2CC3CCC(Cl)(C2)N3)c2cnc(-c3cc(O)cc4ccccc34)c(F)c2n1. The summed E-state index contributed by atoms with van der Waals surface area (Å²) in [5.74, 6) is -0.00690. The van der Waals surface area contributed by atoms with Crippen molar-refractivity contribution in [3.63, 3.8) is 0 Å². The van der Waals surface area contributed by atoms with Gasteiger partial charge in [0.15, 0.2) is 5.82 Å². The Hall–Kier alpha value is -3.41. The van der Waals surface area contributed by atoms with Gasteiger partial charge >= 0.3 is 6.01 Å². The Bertz CT molecular complexity index is 1610. The van der Waals surface area contributed by atoms with E-state index in [0.29, 0.717) is 29.9 Å². The number of phenolic OH excluding ortho intramolecular Hbond substituents is 1. The molecule has 3 aliphatic heterocycles. The number of pyridine rings is 1. The molecule has 3 aliphatic rings. The van der Waals surface area contributed by atoms with E-state index in [9.17, 15) is 13.9 Å². The van der Waals surface area contributed by atoms with Crippen LogP contribution in [0.1, 0.15) is 39.0 Å². The number of anilines is 1. The van der Waals surface area contributed by atoms with Gasteiger partial charge in [0.2, 0.25) is 6.43 Å². The highest BCUT2D eigenvalue weighted by Crippen LogP contribution is 2.39. The molecule has 2 N–H and O–H groups in total. The lowest BCUT2D eigenvalue weighted by Gasteiger charge is -2.38. The zero-order chi connectivity index (χ0) is 31.4. The van der Waals surface area contributed by atoms with Crippen LogP contribution in [0, 0.1) is 5.82 Å². The highest BCUT2D eigenvalue weighted by Gasteiger charge is 2.44. The summed E-state index contributed by atoms with van der Waals surface area (Å²) in [7, 11) is 3.63. The van der Waals surface area contributed by atoms with Crippen molar-refractivity contribution in [3.05, 3.63) is 48.4 Å². The van der Waals surface area contributed by atoms with Crippen LogP contribution in [0.3, 0.4) is 0 Å². The highest BCUT2D eigenvalue weighted by molar-refractivity contribution is 6.24. The monoisotopic (exact) mass is 630 g/mol. The summed E-state index contributed by atoms with van der Waals surface area (Å²) in [6, 6.07) is 10.9. The largest absolute Gasteiger partial charge is 0.508 e. The van der Waals surface area contributed by atoms with Crippen LogP contribution < -0.4 is 15.0 Å². The van der Waals surface area contributed by atoms with E-state index >= 15 is 4.39 Å². The Morgan fingerprint density at radius 1 is 1.16 bits per heavy atom. The molecule has 2 aromatic carbocycles. The molecule has 4 aromatic rings. The number of ether oxygens (including phenoxy) is 1. The first-order valence-electron chi connectivity index (χ1n) is 14.9. The van der Waals surface area contributed by atoms with Crippen molar-refractivity contribution in [1.29, 1.82) is 0 Å². The number of nitrogens with one attached hydrogen (secondary N) is 1. The minimum Gasteiger partial charge on any atom is -0.508 e. The standard InChI is InChI=1S/C24H21ClFN5O2.C5H11N.C3H6F2/c1-33-23-28-21-18(22(29-23)31-11-14-6-7-24(25,12-31)30-14)10-27-20(19(21)26)17-9-15(32)8-13-4-2-3-5-16(13)17;1-6-4-2-3-5-6;1-2-3(4)5/h2-5,8-10,14,30,32H,6-7,11-12H2,1H3;2-5H2,1H3;3H,2H2,1H3. The zero-order valence-corrected chi connectivity index (χ0v) is 25.9. The number of phenols is 1. The van der Waals surface area contributed by atoms with E-state index in [1.807, 2.05) is 24.3 Å². The van der Waals surface area contributed by atoms with Gasteiger partial charge in [0.1, 0.15) is 27.8 Å². The third-order valence-corrected chi connectivity index (χ3v) is 8.52. The Kier molecular flexibility index (Phi) is 9.97. The third-order valence-electron chi connectivity index (χ3n) is 8.10. The van der Waals surface area contributed by atoms with Crippen LogP contribution in [0.15, 0.2) is 42.6 Å². The fraction of sp³-hybridized carbons (Fsp3) is 0.469. The van der Waals surface area contributed by atoms with Gasteiger partial charge in [-0.3, -0.25) is 10.3 Å². The smallest absolute Gasteiger partial charge is 0.318 e. The first-order valence-corrected chi connectivity index (χ1v) is 15.3. The summed E-state index contributed by atoms with van der Waals surface area (Å²) in [5.41, 5.74) is 0.711. The number of hydrogen-bond donors (Lipinski definition) is 2. The van der Waals surface area contributed by atoms with Crippen LogP contribution in [0.25, 0.3) is 32.9 Å². The van der Waals surface area contributed by atoms with Gasteiger partial charge in [0.25, 0.3) is 0 Å². The average molecular weight is 631 g/mol. The van der Waals surface area contributed by atoms with E-state index in [0.717, 1.165) is 23.6 Å². The molecule has 2 atom stereocenters. The maximum atomic E-state index is 16.0. The Balaban J connectivity index is 0.000000297. The second-order valence-electron chi connectivity index (χ2n) is 11.5. The molecule has 7 rings (SSSR count). The summed E-state index contributed by atoms with van der Waals surface area (Å²) in [5, 5.41) is 15.7. The molecule has 3 fully saturated rings. The number of nitrogens with zero attached hydrogens (tertiary/aromatic N) is 5. The molecule has 2 bridgehead atoms. The summed E-state index contributed by atoms with van der Waals surface area (Å²) < 4.78 is 42.8. The van der Waals surface area contributed by atoms with E-state index < -0.39 is 17.2 Å². The lowest BCUT2D eigenvalue weighted by Crippen LogP contribution is -2.57. The van der Waals surface area contributed by atoms with Crippen molar-refractivity contribution in [2.75, 3.05) is 45.2 Å². The molecular weight excluding hydrogens is 593 g/mol. The molecule has 44 heavy (non-hydrogen) atoms. The molecule has 8 nitrogen and oxygen atoms in total. The molecule has 2 unspecified atom stereocenters. The van der Waals surface area contributed by atoms with Crippen molar-refractivity contribution in [3.8, 4) is 23.0 Å². The predicted octanol–water partition coefficient (Wildman–Crippen LogP) is 6.58. The van der Waals surface area contributed by atoms with Gasteiger partial charge < -0.3 is 19.6 Å². The number of fused-ring (bicyclic) bond motifs is 4. The van der Waals surface area contributed by atoms with Crippen LogP contribution in [0.5, 0.6) is 11.8 Å². The van der Waals surface area contributed by atoms with Crippen LogP contribution in [-0.2, 0) is 0 Å². The highest BCUT2D eigenvalue weighted by atomic mass is 35.5. The van der Waals surface area contributed by atoms with Crippen molar-refractivity contribution < 1.29 is 23.0 Å². The molecule has 0 amide bonds. The molecule has 3 saturated heterocycles. The second kappa shape index (κ2) is 13.7.